The number of fused-ring (bicyclic) bond motifs is 1. The van der Waals surface area contributed by atoms with E-state index in [0.29, 0.717) is 6.61 Å². The first-order chi connectivity index (χ1) is 5.67. The molecule has 1 aliphatic heterocycles. The number of hydrogen-bond donors (Lipinski definition) is 0. The monoisotopic (exact) mass is 220 g/mol. The van der Waals surface area contributed by atoms with Gasteiger partial charge in [-0.1, -0.05) is 18.2 Å². The molecule has 2 rings (SSSR count). The van der Waals surface area contributed by atoms with Crippen LogP contribution in [0.15, 0.2) is 24.3 Å². The minimum Gasteiger partial charge on any atom is -0.432 e. The van der Waals surface area contributed by atoms with Gasteiger partial charge >= 0.3 is 5.84 Å². The SMILES string of the molecule is S=P1(Cl)OCc2ccccc2O1. The van der Waals surface area contributed by atoms with Crippen molar-refractivity contribution in [2.45, 2.75) is 6.61 Å². The van der Waals surface area contributed by atoms with Gasteiger partial charge in [-0.2, -0.15) is 0 Å². The molecule has 1 heterocycles. The molecule has 1 aromatic carbocycles. The van der Waals surface area contributed by atoms with Gasteiger partial charge in [0.1, 0.15) is 5.75 Å². The van der Waals surface area contributed by atoms with E-state index >= 15 is 0 Å². The van der Waals surface area contributed by atoms with E-state index in [1.807, 2.05) is 24.3 Å². The Hall–Kier alpha value is -0.0800. The first kappa shape index (κ1) is 8.52. The second-order valence-electron chi connectivity index (χ2n) is 2.40. The van der Waals surface area contributed by atoms with Crippen LogP contribution in [0.2, 0.25) is 0 Å². The lowest BCUT2D eigenvalue weighted by Crippen LogP contribution is -2.02. The third-order valence-electron chi connectivity index (χ3n) is 1.55. The molecule has 0 N–H and O–H groups in total. The van der Waals surface area contributed by atoms with Crippen LogP contribution in [-0.2, 0) is 22.9 Å². The van der Waals surface area contributed by atoms with Gasteiger partial charge in [0, 0.05) is 5.56 Å². The van der Waals surface area contributed by atoms with E-state index in [2.05, 4.69) is 0 Å². The molecule has 0 saturated carbocycles. The standard InChI is InChI=1S/C7H6ClO2PS/c8-11(12)9-5-6-3-1-2-4-7(6)10-11/h1-4H,5H2. The molecule has 64 valence electrons. The van der Waals surface area contributed by atoms with Crippen molar-refractivity contribution in [3.05, 3.63) is 29.8 Å². The zero-order chi connectivity index (χ0) is 8.60. The van der Waals surface area contributed by atoms with Crippen LogP contribution < -0.4 is 4.52 Å². The molecule has 1 aromatic rings. The van der Waals surface area contributed by atoms with Gasteiger partial charge in [0.25, 0.3) is 0 Å². The number of hydrogen-bond acceptors (Lipinski definition) is 3. The van der Waals surface area contributed by atoms with Crippen molar-refractivity contribution in [1.29, 1.82) is 0 Å². The highest BCUT2D eigenvalue weighted by Crippen LogP contribution is 2.57. The number of benzene rings is 1. The summed E-state index contributed by atoms with van der Waals surface area (Å²) in [6.07, 6.45) is 0. The summed E-state index contributed by atoms with van der Waals surface area (Å²) in [5.74, 6) is -1.76. The topological polar surface area (TPSA) is 18.5 Å². The molecule has 0 spiro atoms. The van der Waals surface area contributed by atoms with Gasteiger partial charge in [-0.3, -0.25) is 0 Å². The normalized spacial score (nSPS) is 27.4. The van der Waals surface area contributed by atoms with Crippen LogP contribution in [0.3, 0.4) is 0 Å². The van der Waals surface area contributed by atoms with Crippen molar-refractivity contribution in [2.75, 3.05) is 0 Å². The van der Waals surface area contributed by atoms with Gasteiger partial charge in [0.2, 0.25) is 0 Å². The zero-order valence-corrected chi connectivity index (χ0v) is 8.53. The summed E-state index contributed by atoms with van der Waals surface area (Å²) in [6, 6.07) is 7.59. The summed E-state index contributed by atoms with van der Waals surface area (Å²) in [5.41, 5.74) is 0.999. The first-order valence-electron chi connectivity index (χ1n) is 3.39. The van der Waals surface area contributed by atoms with Crippen molar-refractivity contribution in [2.24, 2.45) is 0 Å². The van der Waals surface area contributed by atoms with Gasteiger partial charge in [-0.25, -0.2) is 0 Å². The van der Waals surface area contributed by atoms with E-state index in [1.54, 1.807) is 0 Å². The van der Waals surface area contributed by atoms with E-state index < -0.39 is 5.84 Å². The van der Waals surface area contributed by atoms with Crippen LogP contribution in [0.4, 0.5) is 0 Å². The molecule has 0 bridgehead atoms. The Morgan fingerprint density at radius 2 is 2.17 bits per heavy atom. The van der Waals surface area contributed by atoms with Crippen LogP contribution in [-0.4, -0.2) is 0 Å². The molecule has 5 heteroatoms. The van der Waals surface area contributed by atoms with Crippen molar-refractivity contribution in [1.82, 2.24) is 0 Å². The Morgan fingerprint density at radius 3 is 3.00 bits per heavy atom. The van der Waals surface area contributed by atoms with Crippen LogP contribution in [0, 0.1) is 0 Å². The summed E-state index contributed by atoms with van der Waals surface area (Å²) >= 11 is 10.7. The molecule has 1 atom stereocenters. The Kier molecular flexibility index (Phi) is 2.13. The average Bonchev–Trinajstić information content (AvgIpc) is 2.02. The van der Waals surface area contributed by atoms with Crippen molar-refractivity contribution >= 4 is 28.9 Å². The van der Waals surface area contributed by atoms with Crippen molar-refractivity contribution in [3.8, 4) is 5.75 Å². The highest BCUT2D eigenvalue weighted by molar-refractivity contribution is 8.22. The lowest BCUT2D eigenvalue weighted by Gasteiger charge is -2.23. The molecule has 12 heavy (non-hydrogen) atoms. The van der Waals surface area contributed by atoms with E-state index in [0.717, 1.165) is 11.3 Å². The van der Waals surface area contributed by atoms with Gasteiger partial charge in [-0.15, -0.1) is 0 Å². The fourth-order valence-corrected chi connectivity index (χ4v) is 2.53. The van der Waals surface area contributed by atoms with E-state index in [4.69, 9.17) is 32.1 Å². The fraction of sp³-hybridized carbons (Fsp3) is 0.143. The van der Waals surface area contributed by atoms with Crippen LogP contribution in [0.1, 0.15) is 5.56 Å². The van der Waals surface area contributed by atoms with Gasteiger partial charge in [0.15, 0.2) is 0 Å². The molecule has 0 aliphatic carbocycles. The Bertz CT molecular complexity index is 355. The number of halogens is 1. The average molecular weight is 221 g/mol. The molecule has 0 amide bonds. The molecule has 0 saturated heterocycles. The smallest absolute Gasteiger partial charge is 0.333 e. The predicted octanol–water partition coefficient (Wildman–Crippen LogP) is 3.06. The van der Waals surface area contributed by atoms with Gasteiger partial charge in [-0.05, 0) is 29.1 Å². The summed E-state index contributed by atoms with van der Waals surface area (Å²) in [5, 5.41) is 0. The largest absolute Gasteiger partial charge is 0.432 e. The molecule has 0 radical (unpaired) electrons. The summed E-state index contributed by atoms with van der Waals surface area (Å²) in [6.45, 7) is 0.455. The number of rotatable bonds is 0. The molecular formula is C7H6ClO2PS. The lowest BCUT2D eigenvalue weighted by atomic mass is 10.2. The van der Waals surface area contributed by atoms with Gasteiger partial charge < -0.3 is 9.05 Å². The predicted molar refractivity (Wildman–Crippen MR) is 52.0 cm³/mol. The molecule has 0 fully saturated rings. The Labute approximate surface area is 80.4 Å². The van der Waals surface area contributed by atoms with E-state index in [-0.39, 0.29) is 0 Å². The van der Waals surface area contributed by atoms with Crippen molar-refractivity contribution in [3.63, 3.8) is 0 Å². The second kappa shape index (κ2) is 3.00. The third kappa shape index (κ3) is 1.64. The van der Waals surface area contributed by atoms with Crippen LogP contribution in [0.25, 0.3) is 0 Å². The maximum atomic E-state index is 5.78. The quantitative estimate of drug-likeness (QED) is 0.626. The Morgan fingerprint density at radius 1 is 1.42 bits per heavy atom. The van der Waals surface area contributed by atoms with Crippen LogP contribution >= 0.6 is 17.1 Å². The maximum absolute atomic E-state index is 5.78. The summed E-state index contributed by atoms with van der Waals surface area (Å²) in [4.78, 5) is 0. The molecule has 1 aliphatic rings. The zero-order valence-electron chi connectivity index (χ0n) is 6.07. The minimum absolute atomic E-state index is 0.455. The van der Waals surface area contributed by atoms with E-state index in [9.17, 15) is 0 Å². The highest BCUT2D eigenvalue weighted by atomic mass is 35.7. The summed E-state index contributed by atoms with van der Waals surface area (Å²) < 4.78 is 10.4. The molecular weight excluding hydrogens is 215 g/mol. The third-order valence-corrected chi connectivity index (χ3v) is 3.45. The molecule has 0 aromatic heterocycles. The van der Waals surface area contributed by atoms with Gasteiger partial charge in [0.05, 0.1) is 6.61 Å². The first-order valence-corrected chi connectivity index (χ1v) is 6.93. The van der Waals surface area contributed by atoms with Crippen molar-refractivity contribution < 1.29 is 9.05 Å². The fourth-order valence-electron chi connectivity index (χ4n) is 1.00. The lowest BCUT2D eigenvalue weighted by molar-refractivity contribution is 0.286. The van der Waals surface area contributed by atoms with E-state index in [1.165, 1.54) is 0 Å². The number of para-hydroxylation sites is 1. The maximum Gasteiger partial charge on any atom is 0.333 e. The Balaban J connectivity index is 2.42. The minimum atomic E-state index is -2.51. The highest BCUT2D eigenvalue weighted by Gasteiger charge is 2.24. The molecule has 1 unspecified atom stereocenters. The second-order valence-corrected chi connectivity index (χ2v) is 7.08. The summed E-state index contributed by atoms with van der Waals surface area (Å²) in [7, 11) is 0. The van der Waals surface area contributed by atoms with Crippen LogP contribution in [0.5, 0.6) is 5.75 Å². The molecule has 2 nitrogen and oxygen atoms in total.